The minimum absolute atomic E-state index is 0.0636. The van der Waals surface area contributed by atoms with Gasteiger partial charge in [0.1, 0.15) is 11.5 Å². The Morgan fingerprint density at radius 3 is 2.73 bits per heavy atom. The van der Waals surface area contributed by atoms with E-state index in [9.17, 15) is 4.79 Å². The van der Waals surface area contributed by atoms with Crippen molar-refractivity contribution in [2.45, 2.75) is 12.2 Å². The summed E-state index contributed by atoms with van der Waals surface area (Å²) in [5.41, 5.74) is 0.584. The van der Waals surface area contributed by atoms with E-state index in [-0.39, 0.29) is 5.25 Å². The highest BCUT2D eigenvalue weighted by Gasteiger charge is 2.08. The monoisotopic (exact) mass is 170 g/mol. The van der Waals surface area contributed by atoms with Crippen molar-refractivity contribution in [3.8, 4) is 0 Å². The molecule has 1 unspecified atom stereocenters. The SMILES string of the molecule is CC(S)c1ncc(C=O)n1C. The minimum atomic E-state index is 0.0636. The van der Waals surface area contributed by atoms with Gasteiger partial charge in [-0.15, -0.1) is 0 Å². The molecule has 1 rings (SSSR count). The second kappa shape index (κ2) is 3.09. The van der Waals surface area contributed by atoms with Crippen molar-refractivity contribution in [1.29, 1.82) is 0 Å². The van der Waals surface area contributed by atoms with Crippen LogP contribution in [0.1, 0.15) is 28.5 Å². The van der Waals surface area contributed by atoms with Gasteiger partial charge in [-0.05, 0) is 6.92 Å². The highest BCUT2D eigenvalue weighted by atomic mass is 32.1. The summed E-state index contributed by atoms with van der Waals surface area (Å²) in [6.07, 6.45) is 2.34. The standard InChI is InChI=1S/C7H10N2OS/c1-5(11)7-8-3-6(4-10)9(7)2/h3-5,11H,1-2H3. The fourth-order valence-electron chi connectivity index (χ4n) is 0.935. The Kier molecular flexibility index (Phi) is 2.34. The summed E-state index contributed by atoms with van der Waals surface area (Å²) < 4.78 is 1.74. The molecule has 1 heterocycles. The Labute approximate surface area is 70.8 Å². The number of imidazole rings is 1. The van der Waals surface area contributed by atoms with E-state index in [4.69, 9.17) is 0 Å². The van der Waals surface area contributed by atoms with Crippen molar-refractivity contribution in [2.24, 2.45) is 7.05 Å². The van der Waals surface area contributed by atoms with Crippen LogP contribution in [0.2, 0.25) is 0 Å². The van der Waals surface area contributed by atoms with Crippen molar-refractivity contribution >= 4 is 18.9 Å². The van der Waals surface area contributed by atoms with Gasteiger partial charge in [0.15, 0.2) is 6.29 Å². The summed E-state index contributed by atoms with van der Waals surface area (Å²) >= 11 is 4.21. The average Bonchev–Trinajstić information content (AvgIpc) is 2.30. The van der Waals surface area contributed by atoms with Crippen LogP contribution in [0.25, 0.3) is 0 Å². The maximum atomic E-state index is 10.4. The van der Waals surface area contributed by atoms with Crippen molar-refractivity contribution in [3.63, 3.8) is 0 Å². The molecule has 0 aliphatic rings. The normalized spacial score (nSPS) is 13.0. The van der Waals surface area contributed by atoms with E-state index in [1.807, 2.05) is 6.92 Å². The van der Waals surface area contributed by atoms with E-state index < -0.39 is 0 Å². The van der Waals surface area contributed by atoms with Crippen LogP contribution < -0.4 is 0 Å². The molecule has 0 radical (unpaired) electrons. The fourth-order valence-corrected chi connectivity index (χ4v) is 1.18. The van der Waals surface area contributed by atoms with Crippen LogP contribution in [0.15, 0.2) is 6.20 Å². The van der Waals surface area contributed by atoms with Gasteiger partial charge >= 0.3 is 0 Å². The summed E-state index contributed by atoms with van der Waals surface area (Å²) in [7, 11) is 1.80. The molecule has 3 nitrogen and oxygen atoms in total. The molecule has 11 heavy (non-hydrogen) atoms. The second-order valence-corrected chi connectivity index (χ2v) is 3.17. The third-order valence-corrected chi connectivity index (χ3v) is 1.79. The topological polar surface area (TPSA) is 34.9 Å². The first-order valence-electron chi connectivity index (χ1n) is 3.31. The predicted molar refractivity (Wildman–Crippen MR) is 46.0 cm³/mol. The molecule has 0 N–H and O–H groups in total. The Bertz CT molecular complexity index is 267. The Balaban J connectivity index is 3.10. The number of aldehydes is 1. The summed E-state index contributed by atoms with van der Waals surface area (Å²) in [5.74, 6) is 0.815. The molecular formula is C7H10N2OS. The predicted octanol–water partition coefficient (Wildman–Crippen LogP) is 1.22. The van der Waals surface area contributed by atoms with Crippen LogP contribution in [0.4, 0.5) is 0 Å². The molecule has 1 aromatic rings. The van der Waals surface area contributed by atoms with Crippen LogP contribution in [-0.2, 0) is 7.05 Å². The van der Waals surface area contributed by atoms with Crippen molar-refractivity contribution in [2.75, 3.05) is 0 Å². The second-order valence-electron chi connectivity index (χ2n) is 2.39. The fraction of sp³-hybridized carbons (Fsp3) is 0.429. The number of carbonyl (C=O) groups is 1. The minimum Gasteiger partial charge on any atom is -0.328 e. The molecule has 1 aromatic heterocycles. The average molecular weight is 170 g/mol. The van der Waals surface area contributed by atoms with Gasteiger partial charge in [0.2, 0.25) is 0 Å². The maximum absolute atomic E-state index is 10.4. The first-order chi connectivity index (χ1) is 5.16. The van der Waals surface area contributed by atoms with Gasteiger partial charge < -0.3 is 4.57 Å². The van der Waals surface area contributed by atoms with Crippen LogP contribution in [-0.4, -0.2) is 15.8 Å². The van der Waals surface area contributed by atoms with Gasteiger partial charge in [-0.3, -0.25) is 4.79 Å². The summed E-state index contributed by atoms with van der Waals surface area (Å²) in [6, 6.07) is 0. The number of hydrogen-bond acceptors (Lipinski definition) is 3. The third kappa shape index (κ3) is 1.45. The lowest BCUT2D eigenvalue weighted by Gasteiger charge is -2.03. The van der Waals surface area contributed by atoms with Crippen molar-refractivity contribution in [3.05, 3.63) is 17.7 Å². The zero-order chi connectivity index (χ0) is 8.43. The van der Waals surface area contributed by atoms with Gasteiger partial charge in [0.25, 0.3) is 0 Å². The van der Waals surface area contributed by atoms with Crippen molar-refractivity contribution in [1.82, 2.24) is 9.55 Å². The molecule has 4 heteroatoms. The molecule has 0 aromatic carbocycles. The van der Waals surface area contributed by atoms with Gasteiger partial charge in [0, 0.05) is 7.05 Å². The molecule has 0 saturated heterocycles. The molecule has 0 fully saturated rings. The van der Waals surface area contributed by atoms with Gasteiger partial charge in [-0.1, -0.05) is 0 Å². The molecule has 1 atom stereocenters. The number of rotatable bonds is 2. The van der Waals surface area contributed by atoms with E-state index in [1.165, 1.54) is 0 Å². The smallest absolute Gasteiger partial charge is 0.168 e. The first kappa shape index (κ1) is 8.33. The van der Waals surface area contributed by atoms with E-state index >= 15 is 0 Å². The molecule has 0 aliphatic carbocycles. The van der Waals surface area contributed by atoms with Gasteiger partial charge in [-0.2, -0.15) is 12.6 Å². The van der Waals surface area contributed by atoms with Gasteiger partial charge in [-0.25, -0.2) is 4.98 Å². The zero-order valence-corrected chi connectivity index (χ0v) is 7.38. The molecule has 0 amide bonds. The van der Waals surface area contributed by atoms with Crippen molar-refractivity contribution < 1.29 is 4.79 Å². The number of hydrogen-bond donors (Lipinski definition) is 1. The van der Waals surface area contributed by atoms with E-state index in [1.54, 1.807) is 17.8 Å². The molecule has 0 aliphatic heterocycles. The van der Waals surface area contributed by atoms with Crippen LogP contribution in [0, 0.1) is 0 Å². The highest BCUT2D eigenvalue weighted by molar-refractivity contribution is 7.80. The van der Waals surface area contributed by atoms with E-state index in [0.717, 1.165) is 12.1 Å². The lowest BCUT2D eigenvalue weighted by molar-refractivity contribution is 0.111. The first-order valence-corrected chi connectivity index (χ1v) is 3.83. The quantitative estimate of drug-likeness (QED) is 0.535. The Morgan fingerprint density at radius 2 is 2.45 bits per heavy atom. The molecule has 60 valence electrons. The number of aromatic nitrogens is 2. The largest absolute Gasteiger partial charge is 0.328 e. The lowest BCUT2D eigenvalue weighted by Crippen LogP contribution is -2.01. The molecule has 0 bridgehead atoms. The van der Waals surface area contributed by atoms with Gasteiger partial charge in [0.05, 0.1) is 11.4 Å². The lowest BCUT2D eigenvalue weighted by atomic mass is 10.4. The summed E-state index contributed by atoms with van der Waals surface area (Å²) in [6.45, 7) is 1.92. The maximum Gasteiger partial charge on any atom is 0.168 e. The zero-order valence-electron chi connectivity index (χ0n) is 6.48. The van der Waals surface area contributed by atoms with E-state index in [2.05, 4.69) is 17.6 Å². The Hall–Kier alpha value is -0.770. The highest BCUT2D eigenvalue weighted by Crippen LogP contribution is 2.16. The van der Waals surface area contributed by atoms with Crippen LogP contribution in [0.5, 0.6) is 0 Å². The summed E-state index contributed by atoms with van der Waals surface area (Å²) in [5, 5.41) is 0.0636. The molecule has 0 spiro atoms. The molecular weight excluding hydrogens is 160 g/mol. The molecule has 0 saturated carbocycles. The number of thiol groups is 1. The number of nitrogens with zero attached hydrogens (tertiary/aromatic N) is 2. The third-order valence-electron chi connectivity index (χ3n) is 1.55. The van der Waals surface area contributed by atoms with Crippen LogP contribution in [0.3, 0.4) is 0 Å². The van der Waals surface area contributed by atoms with E-state index in [0.29, 0.717) is 5.69 Å². The summed E-state index contributed by atoms with van der Waals surface area (Å²) in [4.78, 5) is 14.4. The van der Waals surface area contributed by atoms with Crippen LogP contribution >= 0.6 is 12.6 Å². The number of carbonyl (C=O) groups excluding carboxylic acids is 1. The Morgan fingerprint density at radius 1 is 1.82 bits per heavy atom.